The van der Waals surface area contributed by atoms with Crippen LogP contribution >= 0.6 is 0 Å². The summed E-state index contributed by atoms with van der Waals surface area (Å²) >= 11 is 0. The third kappa shape index (κ3) is 2.46. The van der Waals surface area contributed by atoms with Crippen molar-refractivity contribution in [1.29, 1.82) is 0 Å². The van der Waals surface area contributed by atoms with Crippen molar-refractivity contribution in [3.8, 4) is 5.75 Å². The monoisotopic (exact) mass is 271 g/mol. The summed E-state index contributed by atoms with van der Waals surface area (Å²) in [6.45, 7) is 5.77. The van der Waals surface area contributed by atoms with Gasteiger partial charge in [0.05, 0.1) is 12.6 Å². The molecule has 0 bridgehead atoms. The van der Waals surface area contributed by atoms with Crippen molar-refractivity contribution in [3.05, 3.63) is 53.0 Å². The van der Waals surface area contributed by atoms with E-state index in [1.54, 1.807) is 0 Å². The first-order valence-electron chi connectivity index (χ1n) is 7.34. The minimum absolute atomic E-state index is 0.0572. The Morgan fingerprint density at radius 3 is 2.90 bits per heavy atom. The van der Waals surface area contributed by atoms with E-state index in [2.05, 4.69) is 30.4 Å². The van der Waals surface area contributed by atoms with Crippen LogP contribution in [0.2, 0.25) is 0 Å². The van der Waals surface area contributed by atoms with Gasteiger partial charge in [-0.1, -0.05) is 25.1 Å². The third-order valence-electron chi connectivity index (χ3n) is 3.73. The van der Waals surface area contributed by atoms with E-state index in [9.17, 15) is 0 Å². The van der Waals surface area contributed by atoms with Crippen LogP contribution in [0.25, 0.3) is 0 Å². The molecule has 0 spiro atoms. The molecular formula is C17H21NO2. The summed E-state index contributed by atoms with van der Waals surface area (Å²) < 4.78 is 11.8. The zero-order valence-electron chi connectivity index (χ0n) is 12.1. The van der Waals surface area contributed by atoms with Gasteiger partial charge >= 0.3 is 0 Å². The van der Waals surface area contributed by atoms with Crippen LogP contribution < -0.4 is 10.1 Å². The van der Waals surface area contributed by atoms with Gasteiger partial charge in [0.1, 0.15) is 17.3 Å². The molecule has 3 rings (SSSR count). The number of fused-ring (bicyclic) bond motifs is 1. The Bertz CT molecular complexity index is 588. The molecule has 3 nitrogen and oxygen atoms in total. The molecule has 0 saturated heterocycles. The van der Waals surface area contributed by atoms with Gasteiger partial charge in [0, 0.05) is 5.56 Å². The molecule has 106 valence electrons. The third-order valence-corrected chi connectivity index (χ3v) is 3.73. The van der Waals surface area contributed by atoms with Gasteiger partial charge in [0.15, 0.2) is 0 Å². The van der Waals surface area contributed by atoms with Crippen molar-refractivity contribution in [2.75, 3.05) is 13.2 Å². The highest BCUT2D eigenvalue weighted by Crippen LogP contribution is 2.36. The topological polar surface area (TPSA) is 34.4 Å². The van der Waals surface area contributed by atoms with Gasteiger partial charge in [-0.2, -0.15) is 0 Å². The summed E-state index contributed by atoms with van der Waals surface area (Å²) in [5, 5.41) is 3.50. The van der Waals surface area contributed by atoms with Crippen molar-refractivity contribution in [2.45, 2.75) is 32.7 Å². The summed E-state index contributed by atoms with van der Waals surface area (Å²) in [6.07, 6.45) is 2.20. The first kappa shape index (κ1) is 13.3. The van der Waals surface area contributed by atoms with E-state index < -0.39 is 0 Å². The molecular weight excluding hydrogens is 250 g/mol. The van der Waals surface area contributed by atoms with Gasteiger partial charge in [-0.05, 0) is 44.0 Å². The number of hydrogen-bond acceptors (Lipinski definition) is 3. The average molecular weight is 271 g/mol. The number of rotatable bonds is 4. The van der Waals surface area contributed by atoms with Crippen molar-refractivity contribution in [2.24, 2.45) is 0 Å². The Balaban J connectivity index is 2.03. The summed E-state index contributed by atoms with van der Waals surface area (Å²) in [5.74, 6) is 2.93. The summed E-state index contributed by atoms with van der Waals surface area (Å²) in [7, 11) is 0. The highest BCUT2D eigenvalue weighted by Gasteiger charge is 2.23. The lowest BCUT2D eigenvalue weighted by molar-refractivity contribution is 0.281. The first-order chi connectivity index (χ1) is 9.79. The molecule has 0 amide bonds. The fraction of sp³-hybridized carbons (Fsp3) is 0.412. The molecule has 1 aliphatic heterocycles. The second-order valence-electron chi connectivity index (χ2n) is 5.23. The van der Waals surface area contributed by atoms with E-state index in [0.29, 0.717) is 0 Å². The van der Waals surface area contributed by atoms with Crippen LogP contribution in [0.5, 0.6) is 5.75 Å². The standard InChI is InChI=1S/C17H21NO2/c1-3-18-16(15-10-9-12(2)20-15)14-8-4-6-13-7-5-11-19-17(13)14/h4,6,8-10,16,18H,3,5,7,11H2,1-2H3. The fourth-order valence-electron chi connectivity index (χ4n) is 2.82. The first-order valence-corrected chi connectivity index (χ1v) is 7.34. The normalized spacial score (nSPS) is 15.5. The van der Waals surface area contributed by atoms with Gasteiger partial charge in [-0.15, -0.1) is 0 Å². The number of ether oxygens (including phenoxy) is 1. The number of hydrogen-bond donors (Lipinski definition) is 1. The van der Waals surface area contributed by atoms with Crippen LogP contribution in [-0.4, -0.2) is 13.2 Å². The van der Waals surface area contributed by atoms with Crippen LogP contribution in [0.4, 0.5) is 0 Å². The molecule has 1 aromatic carbocycles. The Morgan fingerprint density at radius 1 is 1.25 bits per heavy atom. The van der Waals surface area contributed by atoms with Crippen molar-refractivity contribution < 1.29 is 9.15 Å². The summed E-state index contributed by atoms with van der Waals surface area (Å²) in [4.78, 5) is 0. The maximum absolute atomic E-state index is 5.93. The van der Waals surface area contributed by atoms with E-state index >= 15 is 0 Å². The molecule has 1 aliphatic rings. The zero-order valence-corrected chi connectivity index (χ0v) is 12.1. The number of aryl methyl sites for hydroxylation is 2. The van der Waals surface area contributed by atoms with Crippen LogP contribution in [0.1, 0.15) is 42.0 Å². The summed E-state index contributed by atoms with van der Waals surface area (Å²) in [6, 6.07) is 10.5. The molecule has 3 heteroatoms. The minimum atomic E-state index is 0.0572. The number of benzene rings is 1. The largest absolute Gasteiger partial charge is 0.493 e. The predicted octanol–water partition coefficient (Wildman–Crippen LogP) is 3.61. The molecule has 1 unspecified atom stereocenters. The Labute approximate surface area is 119 Å². The summed E-state index contributed by atoms with van der Waals surface area (Å²) in [5.41, 5.74) is 2.48. The van der Waals surface area contributed by atoms with Crippen molar-refractivity contribution in [3.63, 3.8) is 0 Å². The van der Waals surface area contributed by atoms with Gasteiger partial charge in [-0.3, -0.25) is 0 Å². The maximum Gasteiger partial charge on any atom is 0.127 e. The highest BCUT2D eigenvalue weighted by atomic mass is 16.5. The van der Waals surface area contributed by atoms with E-state index in [1.165, 1.54) is 11.1 Å². The Kier molecular flexibility index (Phi) is 3.79. The molecule has 0 radical (unpaired) electrons. The molecule has 20 heavy (non-hydrogen) atoms. The van der Waals surface area contributed by atoms with Gasteiger partial charge in [-0.25, -0.2) is 0 Å². The average Bonchev–Trinajstić information content (AvgIpc) is 2.91. The second kappa shape index (κ2) is 5.71. The fourth-order valence-corrected chi connectivity index (χ4v) is 2.82. The molecule has 0 fully saturated rings. The predicted molar refractivity (Wildman–Crippen MR) is 79.2 cm³/mol. The van der Waals surface area contributed by atoms with E-state index in [0.717, 1.165) is 43.3 Å². The van der Waals surface area contributed by atoms with Crippen LogP contribution in [0, 0.1) is 6.92 Å². The van der Waals surface area contributed by atoms with Crippen LogP contribution in [0.3, 0.4) is 0 Å². The lowest BCUT2D eigenvalue weighted by atomic mass is 9.96. The molecule has 2 aromatic rings. The number of nitrogens with one attached hydrogen (secondary N) is 1. The van der Waals surface area contributed by atoms with Crippen molar-refractivity contribution in [1.82, 2.24) is 5.32 Å². The number of furan rings is 1. The van der Waals surface area contributed by atoms with E-state index in [-0.39, 0.29) is 6.04 Å². The van der Waals surface area contributed by atoms with E-state index in [1.807, 2.05) is 19.1 Å². The van der Waals surface area contributed by atoms with Crippen LogP contribution in [-0.2, 0) is 6.42 Å². The lowest BCUT2D eigenvalue weighted by Crippen LogP contribution is -2.23. The molecule has 0 saturated carbocycles. The highest BCUT2D eigenvalue weighted by molar-refractivity contribution is 5.46. The van der Waals surface area contributed by atoms with Gasteiger partial charge in [0.25, 0.3) is 0 Å². The molecule has 1 atom stereocenters. The van der Waals surface area contributed by atoms with Crippen molar-refractivity contribution >= 4 is 0 Å². The molecule has 1 aromatic heterocycles. The molecule has 0 aliphatic carbocycles. The Hall–Kier alpha value is -1.74. The molecule has 2 heterocycles. The SMILES string of the molecule is CCNC(c1ccc(C)o1)c1cccc2c1OCCC2. The molecule has 1 N–H and O–H groups in total. The van der Waals surface area contributed by atoms with E-state index in [4.69, 9.17) is 9.15 Å². The smallest absolute Gasteiger partial charge is 0.127 e. The quantitative estimate of drug-likeness (QED) is 0.922. The van der Waals surface area contributed by atoms with Gasteiger partial charge < -0.3 is 14.5 Å². The van der Waals surface area contributed by atoms with Crippen LogP contribution in [0.15, 0.2) is 34.7 Å². The maximum atomic E-state index is 5.93. The number of para-hydroxylation sites is 1. The Morgan fingerprint density at radius 2 is 2.15 bits per heavy atom. The lowest BCUT2D eigenvalue weighted by Gasteiger charge is -2.24. The second-order valence-corrected chi connectivity index (χ2v) is 5.23. The van der Waals surface area contributed by atoms with Gasteiger partial charge in [0.2, 0.25) is 0 Å². The zero-order chi connectivity index (χ0) is 13.9. The minimum Gasteiger partial charge on any atom is -0.493 e.